The number of esters is 2. The predicted molar refractivity (Wildman–Crippen MR) is 129 cm³/mol. The van der Waals surface area contributed by atoms with Crippen molar-refractivity contribution in [2.75, 3.05) is 26.6 Å². The van der Waals surface area contributed by atoms with Crippen LogP contribution in [-0.4, -0.2) is 72.7 Å². The zero-order valence-electron chi connectivity index (χ0n) is 20.4. The number of carbonyl (C=O) groups excluding carboxylic acids is 3. The van der Waals surface area contributed by atoms with E-state index in [1.807, 2.05) is 0 Å². The van der Waals surface area contributed by atoms with Gasteiger partial charge in [-0.3, -0.25) is 4.79 Å². The molecule has 0 spiro atoms. The van der Waals surface area contributed by atoms with E-state index in [4.69, 9.17) is 23.7 Å². The first kappa shape index (κ1) is 27.4. The highest BCUT2D eigenvalue weighted by Gasteiger charge is 2.41. The molecule has 0 saturated heterocycles. The van der Waals surface area contributed by atoms with Gasteiger partial charge in [-0.25, -0.2) is 14.4 Å². The Bertz CT molecular complexity index is 1310. The molecule has 13 nitrogen and oxygen atoms in total. The van der Waals surface area contributed by atoms with Gasteiger partial charge in [0.2, 0.25) is 18.1 Å². The highest BCUT2D eigenvalue weighted by atomic mass is 16.6. The lowest BCUT2D eigenvalue weighted by Gasteiger charge is -2.23. The quantitative estimate of drug-likeness (QED) is 0.349. The standard InChI is InChI=1S/C25H23N3O10/c1-34-16-8-4-6-14(12-16)24(32)37-20(22(29)26-18-10-11-19(36-3)28-27-18)21(23(30)31)38-25(33)15-7-5-9-17(13-15)35-2/h4-13,20-21H,1-3H3,(H,30,31)(H,26,27,29)/t20-,21+/m1/s1. The van der Waals surface area contributed by atoms with Crippen molar-refractivity contribution in [2.45, 2.75) is 12.2 Å². The molecule has 0 aliphatic rings. The molecular weight excluding hydrogens is 502 g/mol. The number of nitrogens with zero attached hydrogens (tertiary/aromatic N) is 2. The number of carboxylic acid groups (broad SMARTS) is 1. The SMILES string of the molecule is COc1cccc(C(=O)O[C@H](C(=O)O)[C@@H](OC(=O)c2cccc(OC)c2)C(=O)Nc2ccc(OC)nn2)c1. The first-order valence-corrected chi connectivity index (χ1v) is 10.9. The van der Waals surface area contributed by atoms with E-state index in [0.29, 0.717) is 11.5 Å². The maximum Gasteiger partial charge on any atom is 0.349 e. The molecule has 3 rings (SSSR count). The van der Waals surface area contributed by atoms with Crippen LogP contribution in [0.5, 0.6) is 17.4 Å². The monoisotopic (exact) mass is 525 g/mol. The van der Waals surface area contributed by atoms with Gasteiger partial charge in [0.15, 0.2) is 5.82 Å². The Morgan fingerprint density at radius 1 is 0.737 bits per heavy atom. The highest BCUT2D eigenvalue weighted by molar-refractivity contribution is 6.01. The molecule has 2 atom stereocenters. The lowest BCUT2D eigenvalue weighted by atomic mass is 10.1. The van der Waals surface area contributed by atoms with Crippen LogP contribution in [0.25, 0.3) is 0 Å². The average Bonchev–Trinajstić information content (AvgIpc) is 2.94. The van der Waals surface area contributed by atoms with Crippen LogP contribution in [0.1, 0.15) is 20.7 Å². The summed E-state index contributed by atoms with van der Waals surface area (Å²) in [5.41, 5.74) is -0.107. The van der Waals surface area contributed by atoms with Crippen molar-refractivity contribution in [3.8, 4) is 17.4 Å². The molecule has 0 fully saturated rings. The van der Waals surface area contributed by atoms with Crippen LogP contribution < -0.4 is 19.5 Å². The number of benzene rings is 2. The van der Waals surface area contributed by atoms with Gasteiger partial charge in [-0.1, -0.05) is 12.1 Å². The van der Waals surface area contributed by atoms with Crippen LogP contribution in [0, 0.1) is 0 Å². The molecule has 198 valence electrons. The second-order valence-corrected chi connectivity index (χ2v) is 7.40. The van der Waals surface area contributed by atoms with Gasteiger partial charge >= 0.3 is 17.9 Å². The van der Waals surface area contributed by atoms with Gasteiger partial charge in [0.25, 0.3) is 5.91 Å². The third-order valence-electron chi connectivity index (χ3n) is 4.96. The van der Waals surface area contributed by atoms with E-state index in [1.54, 1.807) is 12.1 Å². The van der Waals surface area contributed by atoms with E-state index >= 15 is 0 Å². The largest absolute Gasteiger partial charge is 0.497 e. The number of rotatable bonds is 11. The summed E-state index contributed by atoms with van der Waals surface area (Å²) in [6.45, 7) is 0. The number of anilines is 1. The third kappa shape index (κ3) is 6.94. The smallest absolute Gasteiger partial charge is 0.349 e. The summed E-state index contributed by atoms with van der Waals surface area (Å²) in [5.74, 6) is -4.41. The molecule has 0 radical (unpaired) electrons. The summed E-state index contributed by atoms with van der Waals surface area (Å²) in [5, 5.41) is 19.6. The van der Waals surface area contributed by atoms with Gasteiger partial charge in [0.1, 0.15) is 11.5 Å². The van der Waals surface area contributed by atoms with Crippen LogP contribution in [-0.2, 0) is 19.1 Å². The fourth-order valence-electron chi connectivity index (χ4n) is 3.05. The zero-order valence-corrected chi connectivity index (χ0v) is 20.4. The van der Waals surface area contributed by atoms with Crippen LogP contribution in [0.3, 0.4) is 0 Å². The molecule has 13 heteroatoms. The Hall–Kier alpha value is -5.20. The van der Waals surface area contributed by atoms with Crippen LogP contribution >= 0.6 is 0 Å². The minimum Gasteiger partial charge on any atom is -0.497 e. The molecule has 2 N–H and O–H groups in total. The summed E-state index contributed by atoms with van der Waals surface area (Å²) in [6, 6.07) is 14.2. The fourth-order valence-corrected chi connectivity index (χ4v) is 3.05. The van der Waals surface area contributed by atoms with Crippen molar-refractivity contribution < 1.29 is 48.0 Å². The Morgan fingerprint density at radius 2 is 1.29 bits per heavy atom. The summed E-state index contributed by atoms with van der Waals surface area (Å²) >= 11 is 0. The molecule has 0 aliphatic heterocycles. The molecule has 1 aromatic heterocycles. The maximum absolute atomic E-state index is 13.1. The van der Waals surface area contributed by atoms with Crippen LogP contribution in [0.15, 0.2) is 60.7 Å². The van der Waals surface area contributed by atoms with Crippen molar-refractivity contribution in [1.29, 1.82) is 0 Å². The average molecular weight is 525 g/mol. The third-order valence-corrected chi connectivity index (χ3v) is 4.96. The lowest BCUT2D eigenvalue weighted by molar-refractivity contribution is -0.157. The van der Waals surface area contributed by atoms with Crippen molar-refractivity contribution in [2.24, 2.45) is 0 Å². The molecule has 3 aromatic rings. The molecular formula is C25H23N3O10. The van der Waals surface area contributed by atoms with Crippen molar-refractivity contribution in [1.82, 2.24) is 10.2 Å². The number of carbonyl (C=O) groups is 4. The van der Waals surface area contributed by atoms with E-state index in [2.05, 4.69) is 15.5 Å². The minimum atomic E-state index is -2.24. The number of aliphatic carboxylic acids is 1. The first-order chi connectivity index (χ1) is 18.2. The van der Waals surface area contributed by atoms with Crippen molar-refractivity contribution in [3.05, 3.63) is 71.8 Å². The van der Waals surface area contributed by atoms with Crippen molar-refractivity contribution in [3.63, 3.8) is 0 Å². The van der Waals surface area contributed by atoms with Gasteiger partial charge < -0.3 is 34.1 Å². The van der Waals surface area contributed by atoms with Gasteiger partial charge in [-0.2, -0.15) is 0 Å². The number of hydrogen-bond donors (Lipinski definition) is 2. The fraction of sp³-hybridized carbons (Fsp3) is 0.200. The van der Waals surface area contributed by atoms with Gasteiger partial charge in [-0.05, 0) is 42.5 Å². The normalized spacial score (nSPS) is 11.9. The molecule has 0 unspecified atom stereocenters. The topological polar surface area (TPSA) is 172 Å². The number of methoxy groups -OCH3 is 3. The first-order valence-electron chi connectivity index (χ1n) is 10.9. The van der Waals surface area contributed by atoms with E-state index in [-0.39, 0.29) is 22.8 Å². The number of hydrogen-bond acceptors (Lipinski definition) is 11. The second kappa shape index (κ2) is 12.7. The molecule has 1 heterocycles. The van der Waals surface area contributed by atoms with E-state index in [0.717, 1.165) is 0 Å². The highest BCUT2D eigenvalue weighted by Crippen LogP contribution is 2.19. The molecule has 2 aromatic carbocycles. The molecule has 0 saturated carbocycles. The number of amides is 1. The summed E-state index contributed by atoms with van der Waals surface area (Å²) in [4.78, 5) is 50.9. The van der Waals surface area contributed by atoms with Crippen molar-refractivity contribution >= 4 is 29.6 Å². The summed E-state index contributed by atoms with van der Waals surface area (Å²) < 4.78 is 25.4. The van der Waals surface area contributed by atoms with E-state index in [9.17, 15) is 24.3 Å². The predicted octanol–water partition coefficient (Wildman–Crippen LogP) is 1.98. The number of carboxylic acids is 1. The molecule has 0 bridgehead atoms. The number of aromatic nitrogens is 2. The minimum absolute atomic E-state index is 0.0466. The Balaban J connectivity index is 1.92. The Morgan fingerprint density at radius 3 is 1.74 bits per heavy atom. The summed E-state index contributed by atoms with van der Waals surface area (Å²) in [6.07, 6.45) is -4.38. The zero-order chi connectivity index (χ0) is 27.7. The van der Waals surface area contributed by atoms with Crippen LogP contribution in [0.4, 0.5) is 5.82 Å². The van der Waals surface area contributed by atoms with Gasteiger partial charge in [0.05, 0.1) is 32.5 Å². The molecule has 1 amide bonds. The second-order valence-electron chi connectivity index (χ2n) is 7.40. The number of nitrogens with one attached hydrogen (secondary N) is 1. The van der Waals surface area contributed by atoms with Gasteiger partial charge in [-0.15, -0.1) is 10.2 Å². The van der Waals surface area contributed by atoms with E-state index in [1.165, 1.54) is 69.9 Å². The van der Waals surface area contributed by atoms with Gasteiger partial charge in [0, 0.05) is 6.07 Å². The van der Waals surface area contributed by atoms with E-state index < -0.39 is 36.0 Å². The Labute approximate surface area is 216 Å². The number of ether oxygens (including phenoxy) is 5. The Kier molecular flexibility index (Phi) is 9.13. The molecule has 0 aliphatic carbocycles. The maximum atomic E-state index is 13.1. The lowest BCUT2D eigenvalue weighted by Crippen LogP contribution is -2.48. The van der Waals surface area contributed by atoms with Crippen LogP contribution in [0.2, 0.25) is 0 Å². The summed E-state index contributed by atoms with van der Waals surface area (Å²) in [7, 11) is 4.13. The molecule has 38 heavy (non-hydrogen) atoms.